The van der Waals surface area contributed by atoms with Crippen molar-refractivity contribution in [2.75, 3.05) is 24.5 Å². The average molecular weight is 404 g/mol. The van der Waals surface area contributed by atoms with Crippen molar-refractivity contribution in [1.82, 2.24) is 20.3 Å². The minimum absolute atomic E-state index is 0.166. The van der Waals surface area contributed by atoms with E-state index in [0.29, 0.717) is 0 Å². The Balaban J connectivity index is 1.44. The van der Waals surface area contributed by atoms with Crippen molar-refractivity contribution in [2.45, 2.75) is 19.3 Å². The molecule has 0 bridgehead atoms. The molecule has 7 heteroatoms. The monoisotopic (exact) mass is 403 g/mol. The van der Waals surface area contributed by atoms with Crippen molar-refractivity contribution in [3.8, 4) is 11.1 Å². The number of aromatic nitrogens is 3. The average Bonchev–Trinajstić information content (AvgIpc) is 3.48. The van der Waals surface area contributed by atoms with E-state index in [1.165, 1.54) is 10.4 Å². The Morgan fingerprint density at radius 3 is 2.83 bits per heavy atom. The number of thiazole rings is 1. The second-order valence-corrected chi connectivity index (χ2v) is 8.95. The molecule has 3 aromatic heterocycles. The van der Waals surface area contributed by atoms with Gasteiger partial charge in [-0.25, -0.2) is 9.97 Å². The van der Waals surface area contributed by atoms with E-state index >= 15 is 0 Å². The number of pyridine rings is 1. The molecule has 2 N–H and O–H groups in total. The quantitative estimate of drug-likeness (QED) is 0.532. The normalized spacial score (nSPS) is 18.8. The number of carbonyl (C=O) groups is 1. The summed E-state index contributed by atoms with van der Waals surface area (Å²) in [6.45, 7) is 2.57. The zero-order chi connectivity index (χ0) is 19.4. The summed E-state index contributed by atoms with van der Waals surface area (Å²) < 4.78 is 1.19. The molecule has 0 unspecified atom stereocenters. The molecule has 0 aliphatic carbocycles. The molecule has 0 radical (unpaired) electrons. The summed E-state index contributed by atoms with van der Waals surface area (Å²) in [5.41, 5.74) is 7.11. The molecule has 29 heavy (non-hydrogen) atoms. The predicted molar refractivity (Wildman–Crippen MR) is 116 cm³/mol. The third-order valence-electron chi connectivity index (χ3n) is 6.61. The predicted octanol–water partition coefficient (Wildman–Crippen LogP) is 3.95. The summed E-state index contributed by atoms with van der Waals surface area (Å²) in [6.07, 6.45) is 6.68. The highest BCUT2D eigenvalue weighted by Gasteiger charge is 2.44. The number of fused-ring (bicyclic) bond motifs is 2. The fourth-order valence-electron chi connectivity index (χ4n) is 4.92. The Kier molecular flexibility index (Phi) is 3.68. The van der Waals surface area contributed by atoms with E-state index in [9.17, 15) is 4.79 Å². The van der Waals surface area contributed by atoms with E-state index in [2.05, 4.69) is 49.4 Å². The van der Waals surface area contributed by atoms with Crippen LogP contribution >= 0.6 is 11.3 Å². The van der Waals surface area contributed by atoms with E-state index in [1.54, 1.807) is 11.3 Å². The van der Waals surface area contributed by atoms with Gasteiger partial charge in [-0.2, -0.15) is 0 Å². The molecule has 2 aliphatic rings. The lowest BCUT2D eigenvalue weighted by Crippen LogP contribution is -2.44. The Labute approximate surface area is 172 Å². The maximum atomic E-state index is 12.4. The van der Waals surface area contributed by atoms with Gasteiger partial charge in [-0.3, -0.25) is 4.79 Å². The molecule has 1 aromatic carbocycles. The van der Waals surface area contributed by atoms with Gasteiger partial charge in [-0.15, -0.1) is 11.3 Å². The molecule has 6 nitrogen and oxygen atoms in total. The molecule has 0 saturated carbocycles. The first-order chi connectivity index (χ1) is 14.2. The van der Waals surface area contributed by atoms with Crippen LogP contribution < -0.4 is 10.2 Å². The number of rotatable bonds is 2. The molecule has 0 atom stereocenters. The molecule has 2 fully saturated rings. The van der Waals surface area contributed by atoms with Crippen molar-refractivity contribution in [2.24, 2.45) is 5.41 Å². The van der Waals surface area contributed by atoms with Gasteiger partial charge in [-0.1, -0.05) is 6.07 Å². The van der Waals surface area contributed by atoms with E-state index in [0.717, 1.165) is 66.6 Å². The Hall–Kier alpha value is -2.93. The van der Waals surface area contributed by atoms with Gasteiger partial charge in [0.1, 0.15) is 5.65 Å². The van der Waals surface area contributed by atoms with Crippen LogP contribution in [0.3, 0.4) is 0 Å². The Morgan fingerprint density at radius 1 is 1.10 bits per heavy atom. The van der Waals surface area contributed by atoms with Crippen LogP contribution in [-0.4, -0.2) is 40.5 Å². The fourth-order valence-corrected chi connectivity index (χ4v) is 5.58. The first kappa shape index (κ1) is 17.0. The first-order valence-electron chi connectivity index (χ1n) is 10.1. The summed E-state index contributed by atoms with van der Waals surface area (Å²) in [4.78, 5) is 27.2. The molecule has 2 aliphatic heterocycles. The number of aromatic amines is 1. The molecule has 146 valence electrons. The van der Waals surface area contributed by atoms with Gasteiger partial charge in [0.15, 0.2) is 0 Å². The minimum Gasteiger partial charge on any atom is -0.370 e. The molecular formula is C22H21N5OS. The summed E-state index contributed by atoms with van der Waals surface area (Å²) in [5.74, 6) is 0.243. The molecule has 1 spiro atoms. The van der Waals surface area contributed by atoms with Crippen molar-refractivity contribution in [3.63, 3.8) is 0 Å². The van der Waals surface area contributed by atoms with Crippen molar-refractivity contribution >= 4 is 44.2 Å². The molecule has 4 aromatic rings. The number of piperidine rings is 1. The van der Waals surface area contributed by atoms with Crippen LogP contribution in [0.5, 0.6) is 0 Å². The van der Waals surface area contributed by atoms with E-state index < -0.39 is 0 Å². The van der Waals surface area contributed by atoms with Gasteiger partial charge in [-0.05, 0) is 43.0 Å². The summed E-state index contributed by atoms with van der Waals surface area (Å²) >= 11 is 1.66. The van der Waals surface area contributed by atoms with Crippen LogP contribution in [0, 0.1) is 5.41 Å². The van der Waals surface area contributed by atoms with E-state index in [4.69, 9.17) is 0 Å². The number of hydrogen-bond donors (Lipinski definition) is 2. The van der Waals surface area contributed by atoms with E-state index in [-0.39, 0.29) is 11.3 Å². The van der Waals surface area contributed by atoms with E-state index in [1.807, 2.05) is 17.9 Å². The highest BCUT2D eigenvalue weighted by Crippen LogP contribution is 2.43. The Bertz CT molecular complexity index is 1230. The second kappa shape index (κ2) is 6.29. The van der Waals surface area contributed by atoms with Gasteiger partial charge < -0.3 is 15.2 Å². The molecule has 1 amide bonds. The summed E-state index contributed by atoms with van der Waals surface area (Å²) in [6, 6.07) is 8.56. The smallest absolute Gasteiger partial charge is 0.226 e. The van der Waals surface area contributed by atoms with Gasteiger partial charge in [0, 0.05) is 43.0 Å². The Morgan fingerprint density at radius 2 is 2.00 bits per heavy atom. The number of amides is 1. The van der Waals surface area contributed by atoms with Crippen molar-refractivity contribution in [1.29, 1.82) is 0 Å². The lowest BCUT2D eigenvalue weighted by Gasteiger charge is -2.39. The fraction of sp³-hybridized carbons (Fsp3) is 0.318. The number of nitrogens with one attached hydrogen (secondary N) is 2. The van der Waals surface area contributed by atoms with Crippen molar-refractivity contribution in [3.05, 3.63) is 42.2 Å². The highest BCUT2D eigenvalue weighted by atomic mass is 32.1. The maximum absolute atomic E-state index is 12.4. The standard InChI is InChI=1S/C22H21N5OS/c28-21-22(4-8-24-21)5-9-27(10-6-22)19-15-3-7-23-20(15)25-12-16(19)14-1-2-18-17(11-14)26-13-29-18/h1-3,7,11-13H,4-6,8-10H2,(H,23,25)(H,24,28). The van der Waals surface area contributed by atoms with Gasteiger partial charge in [0.05, 0.1) is 26.8 Å². The number of hydrogen-bond acceptors (Lipinski definition) is 5. The largest absolute Gasteiger partial charge is 0.370 e. The third-order valence-corrected chi connectivity index (χ3v) is 7.42. The molecular weight excluding hydrogens is 382 g/mol. The maximum Gasteiger partial charge on any atom is 0.226 e. The molecule has 5 heterocycles. The number of nitrogens with zero attached hydrogens (tertiary/aromatic N) is 3. The SMILES string of the molecule is O=C1NCCC12CCN(c1c(-c3ccc4scnc4c3)cnc3[nH]ccc13)CC2. The lowest BCUT2D eigenvalue weighted by molar-refractivity contribution is -0.128. The number of carbonyl (C=O) groups excluding carboxylic acids is 1. The van der Waals surface area contributed by atoms with Gasteiger partial charge >= 0.3 is 0 Å². The van der Waals surface area contributed by atoms with Crippen LogP contribution in [0.15, 0.2) is 42.2 Å². The van der Waals surface area contributed by atoms with Gasteiger partial charge in [0.2, 0.25) is 5.91 Å². The number of H-pyrrole nitrogens is 1. The van der Waals surface area contributed by atoms with Gasteiger partial charge in [0.25, 0.3) is 0 Å². The zero-order valence-corrected chi connectivity index (χ0v) is 16.8. The van der Waals surface area contributed by atoms with Crippen LogP contribution in [0.2, 0.25) is 0 Å². The minimum atomic E-state index is -0.166. The molecule has 6 rings (SSSR count). The third kappa shape index (κ3) is 2.57. The highest BCUT2D eigenvalue weighted by molar-refractivity contribution is 7.16. The first-order valence-corrected chi connectivity index (χ1v) is 10.9. The lowest BCUT2D eigenvalue weighted by atomic mass is 9.77. The van der Waals surface area contributed by atoms with Crippen LogP contribution in [0.25, 0.3) is 32.4 Å². The summed E-state index contributed by atoms with van der Waals surface area (Å²) in [7, 11) is 0. The number of benzene rings is 1. The van der Waals surface area contributed by atoms with Crippen LogP contribution in [0.1, 0.15) is 19.3 Å². The summed E-state index contributed by atoms with van der Waals surface area (Å²) in [5, 5.41) is 4.17. The number of anilines is 1. The van der Waals surface area contributed by atoms with Crippen LogP contribution in [0.4, 0.5) is 5.69 Å². The second-order valence-electron chi connectivity index (χ2n) is 8.07. The molecule has 2 saturated heterocycles. The van der Waals surface area contributed by atoms with Crippen molar-refractivity contribution < 1.29 is 4.79 Å². The zero-order valence-electron chi connectivity index (χ0n) is 15.9. The van der Waals surface area contributed by atoms with Crippen LogP contribution in [-0.2, 0) is 4.79 Å². The topological polar surface area (TPSA) is 73.9 Å².